The second kappa shape index (κ2) is 10.1. The summed E-state index contributed by atoms with van der Waals surface area (Å²) in [4.78, 5) is 31.6. The lowest BCUT2D eigenvalue weighted by Gasteiger charge is -2.25. The Morgan fingerprint density at radius 3 is 2.36 bits per heavy atom. The van der Waals surface area contributed by atoms with E-state index in [0.29, 0.717) is 12.2 Å². The number of hydrogen-bond acceptors (Lipinski definition) is 5. The number of Topliss-reactive ketones (excluding diaryl/α,β-unsaturated/α-hetero) is 1. The molecule has 0 bridgehead atoms. The molecule has 1 aliphatic rings. The summed E-state index contributed by atoms with van der Waals surface area (Å²) in [7, 11) is 0. The molecule has 2 aromatic carbocycles. The van der Waals surface area contributed by atoms with Crippen LogP contribution in [0.5, 0.6) is 5.75 Å². The van der Waals surface area contributed by atoms with Crippen molar-refractivity contribution in [1.82, 2.24) is 9.88 Å². The molecular weight excluding hydrogens is 416 g/mol. The molecule has 2 heterocycles. The highest BCUT2D eigenvalue weighted by Gasteiger charge is 2.46. The largest absolute Gasteiger partial charge is 0.507 e. The summed E-state index contributed by atoms with van der Waals surface area (Å²) in [5.41, 5.74) is 2.13. The SMILES string of the molecule is CCCCOc1ccc(C2C(=C(O)c3ccncc3)C(=O)C(=O)N2Cc2ccccc2)cc1. The van der Waals surface area contributed by atoms with Gasteiger partial charge in [-0.05, 0) is 41.8 Å². The molecule has 33 heavy (non-hydrogen) atoms. The standard InChI is InChI=1S/C27H26N2O4/c1-2-3-17-33-22-11-9-20(10-12-22)24-23(25(30)21-13-15-28-16-14-21)26(31)27(32)29(24)18-19-7-5-4-6-8-19/h4-16,24,30H,2-3,17-18H2,1H3. The summed E-state index contributed by atoms with van der Waals surface area (Å²) in [5.74, 6) is -0.822. The number of carbonyl (C=O) groups is 2. The zero-order valence-corrected chi connectivity index (χ0v) is 18.5. The highest BCUT2D eigenvalue weighted by atomic mass is 16.5. The fourth-order valence-corrected chi connectivity index (χ4v) is 3.92. The topological polar surface area (TPSA) is 79.7 Å². The van der Waals surface area contributed by atoms with E-state index in [-0.39, 0.29) is 17.9 Å². The van der Waals surface area contributed by atoms with Gasteiger partial charge in [0.1, 0.15) is 11.5 Å². The lowest BCUT2D eigenvalue weighted by Crippen LogP contribution is -2.29. The Kier molecular flexibility index (Phi) is 6.83. The summed E-state index contributed by atoms with van der Waals surface area (Å²) in [5, 5.41) is 11.0. The molecule has 0 spiro atoms. The number of ketones is 1. The van der Waals surface area contributed by atoms with Gasteiger partial charge < -0.3 is 14.7 Å². The number of hydrogen-bond donors (Lipinski definition) is 1. The van der Waals surface area contributed by atoms with Gasteiger partial charge in [0.25, 0.3) is 11.7 Å². The van der Waals surface area contributed by atoms with Crippen molar-refractivity contribution in [3.63, 3.8) is 0 Å². The first-order valence-corrected chi connectivity index (χ1v) is 11.1. The fourth-order valence-electron chi connectivity index (χ4n) is 3.92. The first-order valence-electron chi connectivity index (χ1n) is 11.1. The smallest absolute Gasteiger partial charge is 0.295 e. The molecule has 3 aromatic rings. The number of benzene rings is 2. The Balaban J connectivity index is 1.75. The average Bonchev–Trinajstić information content (AvgIpc) is 3.10. The minimum Gasteiger partial charge on any atom is -0.507 e. The fraction of sp³-hybridized carbons (Fsp3) is 0.222. The molecule has 1 saturated heterocycles. The van der Waals surface area contributed by atoms with Crippen molar-refractivity contribution in [3.05, 3.63) is 101 Å². The number of carbonyl (C=O) groups excluding carboxylic acids is 2. The number of aliphatic hydroxyl groups is 1. The van der Waals surface area contributed by atoms with Gasteiger partial charge in [0, 0.05) is 24.5 Å². The van der Waals surface area contributed by atoms with Crippen LogP contribution in [0.25, 0.3) is 5.76 Å². The molecule has 1 N–H and O–H groups in total. The molecule has 0 radical (unpaired) electrons. The first-order chi connectivity index (χ1) is 16.1. The molecule has 1 aliphatic heterocycles. The van der Waals surface area contributed by atoms with E-state index >= 15 is 0 Å². The van der Waals surface area contributed by atoms with Crippen molar-refractivity contribution >= 4 is 17.4 Å². The number of rotatable bonds is 8. The molecule has 168 valence electrons. The van der Waals surface area contributed by atoms with E-state index in [1.807, 2.05) is 54.6 Å². The van der Waals surface area contributed by atoms with Gasteiger partial charge in [0.05, 0.1) is 18.2 Å². The minimum absolute atomic E-state index is 0.0711. The van der Waals surface area contributed by atoms with E-state index in [2.05, 4.69) is 11.9 Å². The molecule has 6 nitrogen and oxygen atoms in total. The van der Waals surface area contributed by atoms with Crippen molar-refractivity contribution in [1.29, 1.82) is 0 Å². The van der Waals surface area contributed by atoms with Crippen LogP contribution in [0, 0.1) is 0 Å². The molecule has 0 aliphatic carbocycles. The van der Waals surface area contributed by atoms with Gasteiger partial charge in [-0.2, -0.15) is 0 Å². The van der Waals surface area contributed by atoms with Crippen molar-refractivity contribution in [2.24, 2.45) is 0 Å². The second-order valence-corrected chi connectivity index (χ2v) is 7.92. The zero-order valence-electron chi connectivity index (χ0n) is 18.5. The highest BCUT2D eigenvalue weighted by Crippen LogP contribution is 2.40. The van der Waals surface area contributed by atoms with Crippen LogP contribution in [0.15, 0.2) is 84.7 Å². The van der Waals surface area contributed by atoms with Gasteiger partial charge in [-0.1, -0.05) is 55.8 Å². The molecule has 0 saturated carbocycles. The van der Waals surface area contributed by atoms with E-state index < -0.39 is 17.7 Å². The molecule has 1 atom stereocenters. The van der Waals surface area contributed by atoms with E-state index in [4.69, 9.17) is 4.74 Å². The predicted molar refractivity (Wildman–Crippen MR) is 125 cm³/mol. The maximum Gasteiger partial charge on any atom is 0.295 e. The molecule has 1 aromatic heterocycles. The quantitative estimate of drug-likeness (QED) is 0.233. The highest BCUT2D eigenvalue weighted by molar-refractivity contribution is 6.46. The lowest BCUT2D eigenvalue weighted by atomic mass is 9.95. The Morgan fingerprint density at radius 2 is 1.70 bits per heavy atom. The van der Waals surface area contributed by atoms with Crippen molar-refractivity contribution in [2.45, 2.75) is 32.4 Å². The maximum absolute atomic E-state index is 13.1. The van der Waals surface area contributed by atoms with Crippen molar-refractivity contribution in [3.8, 4) is 5.75 Å². The summed E-state index contributed by atoms with van der Waals surface area (Å²) >= 11 is 0. The third-order valence-corrected chi connectivity index (χ3v) is 5.65. The van der Waals surface area contributed by atoms with E-state index in [9.17, 15) is 14.7 Å². The van der Waals surface area contributed by atoms with E-state index in [1.165, 1.54) is 17.3 Å². The van der Waals surface area contributed by atoms with Crippen LogP contribution in [-0.2, 0) is 16.1 Å². The monoisotopic (exact) mass is 442 g/mol. The molecule has 1 unspecified atom stereocenters. The van der Waals surface area contributed by atoms with Crippen molar-refractivity contribution < 1.29 is 19.4 Å². The number of amides is 1. The Bertz CT molecular complexity index is 1140. The number of unbranched alkanes of at least 4 members (excludes halogenated alkanes) is 1. The minimum atomic E-state index is -0.719. The normalized spacial score (nSPS) is 17.4. The van der Waals surface area contributed by atoms with Gasteiger partial charge in [0.15, 0.2) is 0 Å². The van der Waals surface area contributed by atoms with Gasteiger partial charge in [-0.25, -0.2) is 0 Å². The van der Waals surface area contributed by atoms with Gasteiger partial charge >= 0.3 is 0 Å². The first kappa shape index (κ1) is 22.3. The summed E-state index contributed by atoms with van der Waals surface area (Å²) in [6.45, 7) is 2.98. The summed E-state index contributed by atoms with van der Waals surface area (Å²) in [6, 6.07) is 19.3. The van der Waals surface area contributed by atoms with Crippen LogP contribution >= 0.6 is 0 Å². The number of aromatic nitrogens is 1. The molecule has 6 heteroatoms. The second-order valence-electron chi connectivity index (χ2n) is 7.92. The van der Waals surface area contributed by atoms with Gasteiger partial charge in [-0.3, -0.25) is 14.6 Å². The van der Waals surface area contributed by atoms with Crippen LogP contribution in [0.2, 0.25) is 0 Å². The number of ether oxygens (including phenoxy) is 1. The number of aliphatic hydroxyl groups excluding tert-OH is 1. The Hall–Kier alpha value is -3.93. The van der Waals surface area contributed by atoms with Gasteiger partial charge in [0.2, 0.25) is 0 Å². The number of nitrogens with zero attached hydrogens (tertiary/aromatic N) is 2. The molecule has 4 rings (SSSR count). The zero-order chi connectivity index (χ0) is 23.2. The third kappa shape index (κ3) is 4.80. The third-order valence-electron chi connectivity index (χ3n) is 5.65. The molecule has 1 amide bonds. The predicted octanol–water partition coefficient (Wildman–Crippen LogP) is 4.88. The Labute approximate surface area is 193 Å². The van der Waals surface area contributed by atoms with Crippen LogP contribution in [-0.4, -0.2) is 33.3 Å². The van der Waals surface area contributed by atoms with Gasteiger partial charge in [-0.15, -0.1) is 0 Å². The van der Waals surface area contributed by atoms with Crippen LogP contribution in [0.4, 0.5) is 0 Å². The van der Waals surface area contributed by atoms with E-state index in [0.717, 1.165) is 29.7 Å². The van der Waals surface area contributed by atoms with E-state index in [1.54, 1.807) is 12.1 Å². The summed E-state index contributed by atoms with van der Waals surface area (Å²) < 4.78 is 5.76. The Morgan fingerprint density at radius 1 is 1.00 bits per heavy atom. The summed E-state index contributed by atoms with van der Waals surface area (Å²) in [6.07, 6.45) is 5.07. The van der Waals surface area contributed by atoms with Crippen LogP contribution in [0.1, 0.15) is 42.5 Å². The lowest BCUT2D eigenvalue weighted by molar-refractivity contribution is -0.140. The number of likely N-dealkylation sites (tertiary alicyclic amines) is 1. The maximum atomic E-state index is 13.1. The molecule has 1 fully saturated rings. The van der Waals surface area contributed by atoms with Crippen molar-refractivity contribution in [2.75, 3.05) is 6.61 Å². The average molecular weight is 443 g/mol. The molecular formula is C27H26N2O4. The van der Waals surface area contributed by atoms with Crippen LogP contribution in [0.3, 0.4) is 0 Å². The number of pyridine rings is 1. The van der Waals surface area contributed by atoms with Crippen LogP contribution < -0.4 is 4.74 Å².